The Morgan fingerprint density at radius 2 is 1.88 bits per heavy atom. The van der Waals surface area contributed by atoms with Gasteiger partial charge in [-0.15, -0.1) is 0 Å². The van der Waals surface area contributed by atoms with Gasteiger partial charge in [-0.25, -0.2) is 4.79 Å². The van der Waals surface area contributed by atoms with Crippen LogP contribution in [0.5, 0.6) is 6.01 Å². The molecule has 0 atom stereocenters. The Kier molecular flexibility index (Phi) is 4.17. The molecule has 2 aromatic carbocycles. The van der Waals surface area contributed by atoms with Crippen molar-refractivity contribution in [1.82, 2.24) is 9.97 Å². The molecule has 0 radical (unpaired) electrons. The third kappa shape index (κ3) is 3.52. The van der Waals surface area contributed by atoms with Gasteiger partial charge in [0.1, 0.15) is 0 Å². The van der Waals surface area contributed by atoms with E-state index in [1.807, 2.05) is 18.2 Å². The lowest BCUT2D eigenvalue weighted by Gasteiger charge is -2.03. The number of benzene rings is 2. The van der Waals surface area contributed by atoms with Crippen molar-refractivity contribution in [3.8, 4) is 17.1 Å². The molecule has 1 amide bonds. The zero-order valence-corrected chi connectivity index (χ0v) is 14.6. The fraction of sp³-hybridized carbons (Fsp3) is 0. The molecule has 4 rings (SSSR count). The minimum absolute atomic E-state index is 0.102. The van der Waals surface area contributed by atoms with Crippen LogP contribution in [-0.4, -0.2) is 16.1 Å². The van der Waals surface area contributed by atoms with Crippen LogP contribution in [0.4, 0.5) is 4.79 Å². The number of H-pyrrole nitrogens is 1. The van der Waals surface area contributed by atoms with Crippen molar-refractivity contribution < 1.29 is 9.53 Å². The summed E-state index contributed by atoms with van der Waals surface area (Å²) in [4.78, 5) is 20.1. The Bertz CT molecular complexity index is 1020. The second kappa shape index (κ2) is 6.62. The lowest BCUT2D eigenvalue weighted by atomic mass is 10.1. The minimum Gasteiger partial charge on any atom is -0.376 e. The summed E-state index contributed by atoms with van der Waals surface area (Å²) in [6, 6.07) is 16.5. The number of carbonyl (C=O) groups excluding carboxylic acids is 1. The summed E-state index contributed by atoms with van der Waals surface area (Å²) in [6.07, 6.45) is -0.889. The van der Waals surface area contributed by atoms with Crippen LogP contribution in [0.2, 0.25) is 0 Å². The monoisotopic (exact) mass is 367 g/mol. The van der Waals surface area contributed by atoms with Crippen LogP contribution in [0.25, 0.3) is 22.2 Å². The number of hydrogen-bond donors (Lipinski definition) is 2. The molecule has 7 heteroatoms. The first-order valence-electron chi connectivity index (χ1n) is 7.45. The normalized spacial score (nSPS) is 10.9. The van der Waals surface area contributed by atoms with E-state index in [0.29, 0.717) is 0 Å². The van der Waals surface area contributed by atoms with Gasteiger partial charge in [-0.1, -0.05) is 23.9 Å². The molecule has 0 bridgehead atoms. The van der Waals surface area contributed by atoms with Gasteiger partial charge in [-0.05, 0) is 58.3 Å². The van der Waals surface area contributed by atoms with Gasteiger partial charge in [0.2, 0.25) is 0 Å². The fourth-order valence-electron chi connectivity index (χ4n) is 2.45. The smallest absolute Gasteiger partial charge is 0.376 e. The first-order chi connectivity index (χ1) is 12.2. The molecule has 0 saturated heterocycles. The van der Waals surface area contributed by atoms with Crippen LogP contribution in [0.1, 0.15) is 0 Å². The van der Waals surface area contributed by atoms with E-state index in [-0.39, 0.29) is 6.01 Å². The summed E-state index contributed by atoms with van der Waals surface area (Å²) in [5.41, 5.74) is 8.95. The number of fused-ring (bicyclic) bond motifs is 1. The highest BCUT2D eigenvalue weighted by atomic mass is 32.2. The standard InChI is InChI=1S/C18H13N3O2S2/c19-17(22)23-18-20-15-6-5-14(9-16(15)21-18)25-13-3-1-11(2-4-13)12-7-8-24-10-12/h1-10H,(H2,19,22)(H,20,21). The fourth-order valence-corrected chi connectivity index (χ4v) is 3.97. The molecule has 0 aliphatic heterocycles. The van der Waals surface area contributed by atoms with Crippen LogP contribution in [0.15, 0.2) is 69.1 Å². The first-order valence-corrected chi connectivity index (χ1v) is 9.21. The van der Waals surface area contributed by atoms with Crippen molar-refractivity contribution in [3.63, 3.8) is 0 Å². The van der Waals surface area contributed by atoms with Crippen molar-refractivity contribution in [2.24, 2.45) is 5.73 Å². The molecule has 0 spiro atoms. The van der Waals surface area contributed by atoms with E-state index in [0.717, 1.165) is 20.8 Å². The van der Waals surface area contributed by atoms with E-state index < -0.39 is 6.09 Å². The summed E-state index contributed by atoms with van der Waals surface area (Å²) in [5.74, 6) is 0. The Labute approximate surface area is 151 Å². The van der Waals surface area contributed by atoms with Crippen molar-refractivity contribution in [3.05, 3.63) is 59.3 Å². The van der Waals surface area contributed by atoms with Gasteiger partial charge < -0.3 is 15.5 Å². The average Bonchev–Trinajstić information content (AvgIpc) is 3.24. The van der Waals surface area contributed by atoms with E-state index in [1.165, 1.54) is 11.1 Å². The number of amides is 1. The summed E-state index contributed by atoms with van der Waals surface area (Å²) in [7, 11) is 0. The average molecular weight is 367 g/mol. The Balaban J connectivity index is 1.54. The SMILES string of the molecule is NC(=O)Oc1nc2cc(Sc3ccc(-c4ccsc4)cc3)ccc2[nH]1. The molecule has 0 unspecified atom stereocenters. The summed E-state index contributed by atoms with van der Waals surface area (Å²) in [5, 5.41) is 4.21. The lowest BCUT2D eigenvalue weighted by molar-refractivity contribution is 0.207. The molecule has 0 fully saturated rings. The first kappa shape index (κ1) is 15.7. The predicted octanol–water partition coefficient (Wildman–Crippen LogP) is 4.90. The third-order valence-corrected chi connectivity index (χ3v) is 5.26. The van der Waals surface area contributed by atoms with Crippen molar-refractivity contribution in [2.75, 3.05) is 0 Å². The molecule has 5 nitrogen and oxygen atoms in total. The molecule has 0 aliphatic rings. The van der Waals surface area contributed by atoms with Crippen molar-refractivity contribution in [2.45, 2.75) is 9.79 Å². The molecule has 2 aromatic heterocycles. The highest BCUT2D eigenvalue weighted by Gasteiger charge is 2.08. The van der Waals surface area contributed by atoms with Gasteiger partial charge in [0, 0.05) is 9.79 Å². The molecule has 25 heavy (non-hydrogen) atoms. The number of carbonyl (C=O) groups is 1. The molecular formula is C18H13N3O2S2. The number of aromatic nitrogens is 2. The van der Waals surface area contributed by atoms with Crippen LogP contribution < -0.4 is 10.5 Å². The van der Waals surface area contributed by atoms with Crippen molar-refractivity contribution >= 4 is 40.2 Å². The maximum atomic E-state index is 10.8. The number of nitrogens with zero attached hydrogens (tertiary/aromatic N) is 1. The Morgan fingerprint density at radius 1 is 1.08 bits per heavy atom. The molecule has 2 heterocycles. The van der Waals surface area contributed by atoms with E-state index >= 15 is 0 Å². The van der Waals surface area contributed by atoms with Crippen LogP contribution in [-0.2, 0) is 0 Å². The number of thiophene rings is 1. The second-order valence-electron chi connectivity index (χ2n) is 5.28. The van der Waals surface area contributed by atoms with Gasteiger partial charge in [-0.2, -0.15) is 16.3 Å². The maximum absolute atomic E-state index is 10.8. The van der Waals surface area contributed by atoms with E-state index in [9.17, 15) is 4.79 Å². The van der Waals surface area contributed by atoms with Gasteiger partial charge in [-0.3, -0.25) is 0 Å². The van der Waals surface area contributed by atoms with Crippen LogP contribution in [0, 0.1) is 0 Å². The topological polar surface area (TPSA) is 81.0 Å². The number of nitrogens with two attached hydrogens (primary N) is 1. The highest BCUT2D eigenvalue weighted by molar-refractivity contribution is 7.99. The van der Waals surface area contributed by atoms with Gasteiger partial charge in [0.15, 0.2) is 0 Å². The quantitative estimate of drug-likeness (QED) is 0.537. The number of aromatic amines is 1. The summed E-state index contributed by atoms with van der Waals surface area (Å²) in [6.45, 7) is 0. The van der Waals surface area contributed by atoms with E-state index in [1.54, 1.807) is 23.1 Å². The molecule has 4 aromatic rings. The minimum atomic E-state index is -0.889. The number of hydrogen-bond acceptors (Lipinski definition) is 5. The predicted molar refractivity (Wildman–Crippen MR) is 100 cm³/mol. The molecule has 124 valence electrons. The van der Waals surface area contributed by atoms with Crippen LogP contribution >= 0.6 is 23.1 Å². The second-order valence-corrected chi connectivity index (χ2v) is 7.21. The number of primary amides is 1. The summed E-state index contributed by atoms with van der Waals surface area (Å²) >= 11 is 3.34. The summed E-state index contributed by atoms with van der Waals surface area (Å²) < 4.78 is 4.77. The van der Waals surface area contributed by atoms with E-state index in [2.05, 4.69) is 51.1 Å². The molecule has 3 N–H and O–H groups in total. The lowest BCUT2D eigenvalue weighted by Crippen LogP contribution is -2.16. The number of ether oxygens (including phenoxy) is 1. The number of imidazole rings is 1. The largest absolute Gasteiger partial charge is 0.412 e. The number of rotatable bonds is 4. The molecule has 0 aliphatic carbocycles. The third-order valence-electron chi connectivity index (χ3n) is 3.57. The Hall–Kier alpha value is -2.77. The van der Waals surface area contributed by atoms with E-state index in [4.69, 9.17) is 10.5 Å². The van der Waals surface area contributed by atoms with Gasteiger partial charge in [0.25, 0.3) is 0 Å². The zero-order valence-electron chi connectivity index (χ0n) is 12.9. The van der Waals surface area contributed by atoms with Crippen molar-refractivity contribution in [1.29, 1.82) is 0 Å². The Morgan fingerprint density at radius 3 is 2.60 bits per heavy atom. The maximum Gasteiger partial charge on any atom is 0.412 e. The zero-order chi connectivity index (χ0) is 17.2. The highest BCUT2D eigenvalue weighted by Crippen LogP contribution is 2.32. The molecular weight excluding hydrogens is 354 g/mol. The van der Waals surface area contributed by atoms with Crippen LogP contribution in [0.3, 0.4) is 0 Å². The van der Waals surface area contributed by atoms with Gasteiger partial charge >= 0.3 is 12.1 Å². The van der Waals surface area contributed by atoms with Gasteiger partial charge in [0.05, 0.1) is 11.0 Å². The molecule has 0 saturated carbocycles. The number of nitrogens with one attached hydrogen (secondary N) is 1.